The molecule has 122 valence electrons. The van der Waals surface area contributed by atoms with Crippen LogP contribution >= 0.6 is 0 Å². The van der Waals surface area contributed by atoms with Gasteiger partial charge in [-0.25, -0.2) is 0 Å². The Morgan fingerprint density at radius 2 is 1.68 bits per heavy atom. The van der Waals surface area contributed by atoms with Crippen molar-refractivity contribution < 1.29 is 9.84 Å². The molecule has 1 aliphatic heterocycles. The third-order valence-electron chi connectivity index (χ3n) is 5.13. The van der Waals surface area contributed by atoms with Crippen molar-refractivity contribution in [2.75, 3.05) is 26.2 Å². The summed E-state index contributed by atoms with van der Waals surface area (Å²) in [6.07, 6.45) is 7.87. The first-order chi connectivity index (χ1) is 10.8. The fraction of sp³-hybridized carbons (Fsp3) is 0.684. The van der Waals surface area contributed by atoms with Crippen LogP contribution in [0.5, 0.6) is 5.75 Å². The van der Waals surface area contributed by atoms with Gasteiger partial charge < -0.3 is 14.7 Å². The van der Waals surface area contributed by atoms with Crippen LogP contribution in [0.2, 0.25) is 0 Å². The number of nitrogens with zero attached hydrogens (tertiary/aromatic N) is 1. The van der Waals surface area contributed by atoms with Crippen molar-refractivity contribution in [3.63, 3.8) is 0 Å². The highest BCUT2D eigenvalue weighted by atomic mass is 16.5. The summed E-state index contributed by atoms with van der Waals surface area (Å²) in [6.45, 7) is 4.52. The Morgan fingerprint density at radius 1 is 1.00 bits per heavy atom. The van der Waals surface area contributed by atoms with E-state index >= 15 is 0 Å². The van der Waals surface area contributed by atoms with Gasteiger partial charge in [-0.05, 0) is 81.6 Å². The van der Waals surface area contributed by atoms with E-state index in [4.69, 9.17) is 4.74 Å². The maximum Gasteiger partial charge on any atom is 0.119 e. The molecule has 0 bridgehead atoms. The number of aliphatic hydroxyl groups is 1. The largest absolute Gasteiger partial charge is 0.494 e. The van der Waals surface area contributed by atoms with Crippen LogP contribution in [0.3, 0.4) is 0 Å². The number of benzene rings is 1. The predicted octanol–water partition coefficient (Wildman–Crippen LogP) is 3.57. The van der Waals surface area contributed by atoms with Crippen molar-refractivity contribution >= 4 is 0 Å². The zero-order valence-corrected chi connectivity index (χ0v) is 13.5. The number of hydrogen-bond acceptors (Lipinski definition) is 3. The molecule has 0 radical (unpaired) electrons. The molecule has 22 heavy (non-hydrogen) atoms. The van der Waals surface area contributed by atoms with Gasteiger partial charge in [0, 0.05) is 6.54 Å². The van der Waals surface area contributed by atoms with Gasteiger partial charge in [0.15, 0.2) is 0 Å². The molecule has 3 heteroatoms. The van der Waals surface area contributed by atoms with Crippen LogP contribution < -0.4 is 4.74 Å². The lowest BCUT2D eigenvalue weighted by Crippen LogP contribution is -2.21. The maximum atomic E-state index is 9.59. The molecule has 2 fully saturated rings. The second-order valence-electron chi connectivity index (χ2n) is 6.83. The molecule has 1 heterocycles. The average Bonchev–Trinajstić information content (AvgIpc) is 3.06. The van der Waals surface area contributed by atoms with Gasteiger partial charge in [0.2, 0.25) is 0 Å². The Labute approximate surface area is 134 Å². The first-order valence-corrected chi connectivity index (χ1v) is 8.94. The van der Waals surface area contributed by atoms with E-state index in [0.717, 1.165) is 44.5 Å². The van der Waals surface area contributed by atoms with Crippen LogP contribution in [0.1, 0.15) is 56.4 Å². The molecule has 3 rings (SSSR count). The lowest BCUT2D eigenvalue weighted by atomic mass is 9.83. The summed E-state index contributed by atoms with van der Waals surface area (Å²) >= 11 is 0. The highest BCUT2D eigenvalue weighted by Gasteiger charge is 2.20. The number of hydrogen-bond donors (Lipinski definition) is 1. The highest BCUT2D eigenvalue weighted by molar-refractivity contribution is 5.29. The number of rotatable bonds is 6. The van der Waals surface area contributed by atoms with E-state index in [1.165, 1.54) is 38.0 Å². The third-order valence-corrected chi connectivity index (χ3v) is 5.13. The topological polar surface area (TPSA) is 32.7 Å². The molecule has 1 aromatic rings. The number of likely N-dealkylation sites (tertiary alicyclic amines) is 1. The van der Waals surface area contributed by atoms with Gasteiger partial charge in [-0.15, -0.1) is 0 Å². The van der Waals surface area contributed by atoms with Crippen LogP contribution in [0.4, 0.5) is 0 Å². The monoisotopic (exact) mass is 303 g/mol. The van der Waals surface area contributed by atoms with Crippen LogP contribution in [0.25, 0.3) is 0 Å². The van der Waals surface area contributed by atoms with Gasteiger partial charge in [0.05, 0.1) is 12.7 Å². The molecule has 2 aliphatic rings. The molecule has 1 N–H and O–H groups in total. The smallest absolute Gasteiger partial charge is 0.119 e. The Kier molecular flexibility index (Phi) is 5.74. The molecule has 0 atom stereocenters. The third kappa shape index (κ3) is 4.47. The molecule has 0 unspecified atom stereocenters. The van der Waals surface area contributed by atoms with Gasteiger partial charge in [0.1, 0.15) is 5.75 Å². The van der Waals surface area contributed by atoms with Crippen molar-refractivity contribution in [3.8, 4) is 5.75 Å². The number of ether oxygens (including phenoxy) is 1. The summed E-state index contributed by atoms with van der Waals surface area (Å²) in [7, 11) is 0. The molecule has 0 amide bonds. The van der Waals surface area contributed by atoms with Gasteiger partial charge in [-0.3, -0.25) is 0 Å². The summed E-state index contributed by atoms with van der Waals surface area (Å²) in [5.41, 5.74) is 1.40. The Hall–Kier alpha value is -1.06. The van der Waals surface area contributed by atoms with Crippen molar-refractivity contribution in [1.29, 1.82) is 0 Å². The fourth-order valence-corrected chi connectivity index (χ4v) is 3.73. The van der Waals surface area contributed by atoms with Gasteiger partial charge in [0.25, 0.3) is 0 Å². The Balaban J connectivity index is 1.39. The number of aliphatic hydroxyl groups excluding tert-OH is 1. The first-order valence-electron chi connectivity index (χ1n) is 8.94. The Bertz CT molecular complexity index is 431. The minimum atomic E-state index is -0.0746. The van der Waals surface area contributed by atoms with E-state index in [1.807, 2.05) is 0 Å². The molecule has 3 nitrogen and oxygen atoms in total. The van der Waals surface area contributed by atoms with Crippen LogP contribution in [0, 0.1) is 0 Å². The minimum absolute atomic E-state index is 0.0746. The van der Waals surface area contributed by atoms with Gasteiger partial charge in [-0.1, -0.05) is 12.1 Å². The molecule has 1 saturated carbocycles. The molecule has 0 spiro atoms. The zero-order valence-electron chi connectivity index (χ0n) is 13.5. The second-order valence-corrected chi connectivity index (χ2v) is 6.83. The molecular formula is C19H29NO2. The predicted molar refractivity (Wildman–Crippen MR) is 89.4 cm³/mol. The van der Waals surface area contributed by atoms with E-state index in [1.54, 1.807) is 0 Å². The fourth-order valence-electron chi connectivity index (χ4n) is 3.73. The van der Waals surface area contributed by atoms with E-state index in [9.17, 15) is 5.11 Å². The highest BCUT2D eigenvalue weighted by Crippen LogP contribution is 2.33. The normalized spacial score (nSPS) is 26.2. The van der Waals surface area contributed by atoms with Crippen molar-refractivity contribution in [1.82, 2.24) is 4.90 Å². The summed E-state index contributed by atoms with van der Waals surface area (Å²) < 4.78 is 5.86. The standard InChI is InChI=1S/C19H29NO2/c21-18-8-4-16(5-9-18)17-6-10-19(11-7-17)22-15-3-14-20-12-1-2-13-20/h6-7,10-11,16,18,21H,1-5,8-9,12-15H2. The molecule has 1 aromatic carbocycles. The lowest BCUT2D eigenvalue weighted by molar-refractivity contribution is 0.122. The van der Waals surface area contributed by atoms with E-state index in [-0.39, 0.29) is 6.10 Å². The van der Waals surface area contributed by atoms with E-state index < -0.39 is 0 Å². The summed E-state index contributed by atoms with van der Waals surface area (Å²) in [5, 5.41) is 9.59. The average molecular weight is 303 g/mol. The van der Waals surface area contributed by atoms with E-state index in [0.29, 0.717) is 5.92 Å². The van der Waals surface area contributed by atoms with Crippen molar-refractivity contribution in [2.24, 2.45) is 0 Å². The van der Waals surface area contributed by atoms with Crippen LogP contribution in [-0.4, -0.2) is 42.4 Å². The first kappa shape index (κ1) is 15.8. The van der Waals surface area contributed by atoms with Gasteiger partial charge >= 0.3 is 0 Å². The summed E-state index contributed by atoms with van der Waals surface area (Å²) in [6, 6.07) is 8.63. The van der Waals surface area contributed by atoms with E-state index in [2.05, 4.69) is 29.2 Å². The summed E-state index contributed by atoms with van der Waals surface area (Å²) in [4.78, 5) is 2.53. The Morgan fingerprint density at radius 3 is 2.36 bits per heavy atom. The van der Waals surface area contributed by atoms with Gasteiger partial charge in [-0.2, -0.15) is 0 Å². The minimum Gasteiger partial charge on any atom is -0.494 e. The quantitative estimate of drug-likeness (QED) is 0.816. The van der Waals surface area contributed by atoms with Crippen molar-refractivity contribution in [2.45, 2.75) is 57.0 Å². The molecular weight excluding hydrogens is 274 g/mol. The molecule has 0 aromatic heterocycles. The lowest BCUT2D eigenvalue weighted by Gasteiger charge is -2.25. The molecule has 1 saturated heterocycles. The molecule has 1 aliphatic carbocycles. The zero-order chi connectivity index (χ0) is 15.2. The van der Waals surface area contributed by atoms with Crippen molar-refractivity contribution in [3.05, 3.63) is 29.8 Å². The van der Waals surface area contributed by atoms with Crippen LogP contribution in [-0.2, 0) is 0 Å². The SMILES string of the molecule is OC1CCC(c2ccc(OCCCN3CCCC3)cc2)CC1. The van der Waals surface area contributed by atoms with Crippen LogP contribution in [0.15, 0.2) is 24.3 Å². The maximum absolute atomic E-state index is 9.59. The second kappa shape index (κ2) is 7.98. The summed E-state index contributed by atoms with van der Waals surface area (Å²) in [5.74, 6) is 1.61.